The summed E-state index contributed by atoms with van der Waals surface area (Å²) >= 11 is 0. The van der Waals surface area contributed by atoms with Gasteiger partial charge in [-0.25, -0.2) is 4.99 Å². The molecule has 38 heavy (non-hydrogen) atoms. The van der Waals surface area contributed by atoms with Gasteiger partial charge in [0, 0.05) is 6.04 Å². The van der Waals surface area contributed by atoms with Gasteiger partial charge in [-0.05, 0) is 102 Å². The third-order valence-corrected chi connectivity index (χ3v) is 7.08. The van der Waals surface area contributed by atoms with Crippen LogP contribution in [0.25, 0.3) is 5.57 Å². The lowest BCUT2D eigenvalue weighted by atomic mass is 9.95. The smallest absolute Gasteiger partial charge is 0.119 e. The molecule has 0 amide bonds. The Hall–Kier alpha value is -3.35. The first-order chi connectivity index (χ1) is 18.2. The zero-order valence-corrected chi connectivity index (χ0v) is 24.8. The average molecular weight is 512 g/mol. The quantitative estimate of drug-likeness (QED) is 0.284. The third kappa shape index (κ3) is 11.4. The van der Waals surface area contributed by atoms with Crippen LogP contribution in [0.2, 0.25) is 0 Å². The Morgan fingerprint density at radius 1 is 1.11 bits per heavy atom. The number of piperidine rings is 1. The van der Waals surface area contributed by atoms with Gasteiger partial charge in [0.15, 0.2) is 0 Å². The topological polar surface area (TPSA) is 27.6 Å². The number of allylic oxidation sites excluding steroid dienone is 4. The lowest BCUT2D eigenvalue weighted by Gasteiger charge is -2.27. The summed E-state index contributed by atoms with van der Waals surface area (Å²) in [6.45, 7) is 19.6. The normalized spacial score (nSPS) is 15.9. The van der Waals surface area contributed by atoms with E-state index in [1.54, 1.807) is 0 Å². The molecule has 2 aromatic rings. The molecule has 0 radical (unpaired) electrons. The molecular weight excluding hydrogens is 462 g/mol. The number of terminal acetylenes is 1. The van der Waals surface area contributed by atoms with Crippen molar-refractivity contribution >= 4 is 11.3 Å². The number of rotatable bonds is 8. The minimum absolute atomic E-state index is 0.150. The van der Waals surface area contributed by atoms with Crippen LogP contribution in [0.15, 0.2) is 89.7 Å². The summed E-state index contributed by atoms with van der Waals surface area (Å²) in [5, 5.41) is 3.39. The maximum absolute atomic E-state index is 4.77. The summed E-state index contributed by atoms with van der Waals surface area (Å²) < 4.78 is 0. The lowest BCUT2D eigenvalue weighted by molar-refractivity contribution is 0.216. The fourth-order valence-electron chi connectivity index (χ4n) is 4.41. The van der Waals surface area contributed by atoms with Crippen LogP contribution >= 0.6 is 0 Å². The van der Waals surface area contributed by atoms with Crippen LogP contribution in [-0.2, 0) is 0 Å². The number of hydrogen-bond donors (Lipinski definition) is 1. The van der Waals surface area contributed by atoms with Gasteiger partial charge in [0.1, 0.15) is 5.82 Å². The van der Waals surface area contributed by atoms with Crippen LogP contribution in [0, 0.1) is 25.7 Å². The number of nitrogens with zero attached hydrogens (tertiary/aromatic N) is 2. The van der Waals surface area contributed by atoms with Crippen LogP contribution in [0.3, 0.4) is 0 Å². The highest BCUT2D eigenvalue weighted by atomic mass is 15.1. The van der Waals surface area contributed by atoms with E-state index in [0.717, 1.165) is 17.2 Å². The molecule has 0 spiro atoms. The second-order valence-corrected chi connectivity index (χ2v) is 9.99. The van der Waals surface area contributed by atoms with Crippen molar-refractivity contribution in [2.45, 2.75) is 66.8 Å². The first kappa shape index (κ1) is 32.7. The fraction of sp³-hybridized carbons (Fsp3) is 0.400. The molecule has 1 N–H and O–H groups in total. The summed E-state index contributed by atoms with van der Waals surface area (Å²) in [5.74, 6) is 1.69. The van der Waals surface area contributed by atoms with Gasteiger partial charge in [0.2, 0.25) is 0 Å². The number of aryl methyl sites for hydroxylation is 1. The Bertz CT molecular complexity index is 1080. The van der Waals surface area contributed by atoms with E-state index in [1.165, 1.54) is 54.6 Å². The molecule has 2 aromatic carbocycles. The third-order valence-electron chi connectivity index (χ3n) is 7.08. The van der Waals surface area contributed by atoms with Crippen molar-refractivity contribution in [2.24, 2.45) is 10.9 Å². The molecule has 3 heteroatoms. The summed E-state index contributed by atoms with van der Waals surface area (Å²) in [6, 6.07) is 19.0. The molecule has 1 unspecified atom stereocenters. The molecule has 0 saturated carbocycles. The molecule has 0 aromatic heterocycles. The second kappa shape index (κ2) is 18.0. The number of aliphatic imine (C=N–C) groups is 1. The first-order valence-corrected chi connectivity index (χ1v) is 13.7. The second-order valence-electron chi connectivity index (χ2n) is 9.99. The molecule has 1 fully saturated rings. The molecule has 3 nitrogen and oxygen atoms in total. The highest BCUT2D eigenvalue weighted by Crippen LogP contribution is 2.22. The SMILES string of the molecule is C#C.C=C(/N=C(\C=C/C)C(/C)=C(/C)c1cccc(C)c1)NC(C)c1ccccc1.CCC1CCN(C)CC1. The summed E-state index contributed by atoms with van der Waals surface area (Å²) in [7, 11) is 2.21. The van der Waals surface area contributed by atoms with Gasteiger partial charge in [0.05, 0.1) is 5.71 Å². The van der Waals surface area contributed by atoms with Crippen molar-refractivity contribution in [3.8, 4) is 12.8 Å². The van der Waals surface area contributed by atoms with E-state index >= 15 is 0 Å². The highest BCUT2D eigenvalue weighted by Gasteiger charge is 2.13. The van der Waals surface area contributed by atoms with Crippen molar-refractivity contribution in [1.29, 1.82) is 0 Å². The van der Waals surface area contributed by atoms with Crippen LogP contribution in [-0.4, -0.2) is 30.7 Å². The lowest BCUT2D eigenvalue weighted by Crippen LogP contribution is -2.29. The van der Waals surface area contributed by atoms with Crippen LogP contribution in [0.1, 0.15) is 76.6 Å². The van der Waals surface area contributed by atoms with Crippen LogP contribution < -0.4 is 5.32 Å². The van der Waals surface area contributed by atoms with Crippen LogP contribution in [0.5, 0.6) is 0 Å². The summed E-state index contributed by atoms with van der Waals surface area (Å²) in [4.78, 5) is 7.19. The Labute approximate surface area is 233 Å². The van der Waals surface area contributed by atoms with Gasteiger partial charge in [-0.1, -0.05) is 86.2 Å². The molecule has 0 aliphatic carbocycles. The minimum Gasteiger partial charge on any atom is -0.364 e. The van der Waals surface area contributed by atoms with Gasteiger partial charge in [-0.2, -0.15) is 0 Å². The van der Waals surface area contributed by atoms with Crippen molar-refractivity contribution in [3.63, 3.8) is 0 Å². The van der Waals surface area contributed by atoms with Gasteiger partial charge >= 0.3 is 0 Å². The first-order valence-electron chi connectivity index (χ1n) is 13.7. The monoisotopic (exact) mass is 511 g/mol. The molecule has 0 bridgehead atoms. The van der Waals surface area contributed by atoms with Gasteiger partial charge in [-0.3, -0.25) is 0 Å². The van der Waals surface area contributed by atoms with E-state index in [4.69, 9.17) is 4.99 Å². The van der Waals surface area contributed by atoms with Crippen LogP contribution in [0.4, 0.5) is 0 Å². The number of nitrogens with one attached hydrogen (secondary N) is 1. The molecule has 1 saturated heterocycles. The van der Waals surface area contributed by atoms with E-state index in [1.807, 2.05) is 37.3 Å². The molecule has 204 valence electrons. The van der Waals surface area contributed by atoms with Crippen molar-refractivity contribution < 1.29 is 0 Å². The molecule has 3 rings (SSSR count). The van der Waals surface area contributed by atoms with Crippen molar-refractivity contribution in [1.82, 2.24) is 10.2 Å². The predicted octanol–water partition coefficient (Wildman–Crippen LogP) is 8.62. The summed E-state index contributed by atoms with van der Waals surface area (Å²) in [5.41, 5.74) is 6.99. The molecule has 1 aliphatic rings. The standard InChI is InChI=1S/C25H30N2.C8H17N.C2H2/c1-7-12-25(20(4)19(3)24-16-11-13-18(2)17-24)27-22(6)26-21(5)23-14-9-8-10-15-23;1-3-8-4-6-9(2)7-5-8;1-2/h7-17,21,26H,6H2,1-5H3;8H,3-7H2,1-2H3;1-2H/b12-7-,20-19-,27-25+;;. The molecule has 1 heterocycles. The van der Waals surface area contributed by atoms with Gasteiger partial charge in [-0.15, -0.1) is 12.8 Å². The Kier molecular flexibility index (Phi) is 15.5. The van der Waals surface area contributed by atoms with Gasteiger partial charge in [0.25, 0.3) is 0 Å². The number of hydrogen-bond acceptors (Lipinski definition) is 3. The van der Waals surface area contributed by atoms with Gasteiger partial charge < -0.3 is 10.2 Å². The van der Waals surface area contributed by atoms with E-state index < -0.39 is 0 Å². The van der Waals surface area contributed by atoms with E-state index in [2.05, 4.69) is 108 Å². The number of likely N-dealkylation sites (tertiary alicyclic amines) is 1. The minimum atomic E-state index is 0.150. The molecule has 1 atom stereocenters. The maximum atomic E-state index is 4.77. The van der Waals surface area contributed by atoms with E-state index in [9.17, 15) is 0 Å². The van der Waals surface area contributed by atoms with Crippen molar-refractivity contribution in [3.05, 3.63) is 101 Å². The average Bonchev–Trinajstić information content (AvgIpc) is 2.94. The predicted molar refractivity (Wildman–Crippen MR) is 169 cm³/mol. The molecule has 1 aliphatic heterocycles. The Balaban J connectivity index is 0.000000548. The van der Waals surface area contributed by atoms with E-state index in [0.29, 0.717) is 5.82 Å². The zero-order chi connectivity index (χ0) is 28.5. The Morgan fingerprint density at radius 3 is 2.29 bits per heavy atom. The molecular formula is C35H49N3. The number of benzene rings is 2. The summed E-state index contributed by atoms with van der Waals surface area (Å²) in [6.07, 6.45) is 16.3. The Morgan fingerprint density at radius 2 is 1.74 bits per heavy atom. The van der Waals surface area contributed by atoms with E-state index in [-0.39, 0.29) is 6.04 Å². The highest BCUT2D eigenvalue weighted by molar-refractivity contribution is 6.12. The largest absolute Gasteiger partial charge is 0.364 e. The van der Waals surface area contributed by atoms with Crippen molar-refractivity contribution in [2.75, 3.05) is 20.1 Å². The zero-order valence-electron chi connectivity index (χ0n) is 24.8. The fourth-order valence-corrected chi connectivity index (χ4v) is 4.41. The maximum Gasteiger partial charge on any atom is 0.119 e.